The van der Waals surface area contributed by atoms with Crippen molar-refractivity contribution >= 4 is 18.0 Å². The fourth-order valence-corrected chi connectivity index (χ4v) is 1.50. The number of carboxylic acid groups (broad SMARTS) is 1. The maximum atomic E-state index is 11.2. The van der Waals surface area contributed by atoms with Gasteiger partial charge in [0, 0.05) is 0 Å². The minimum Gasteiger partial charge on any atom is -0.548 e. The summed E-state index contributed by atoms with van der Waals surface area (Å²) in [7, 11) is 0. The van der Waals surface area contributed by atoms with E-state index < -0.39 is 36.9 Å². The van der Waals surface area contributed by atoms with Crippen molar-refractivity contribution in [1.82, 2.24) is 20.9 Å². The zero-order valence-electron chi connectivity index (χ0n) is 6.94. The van der Waals surface area contributed by atoms with Gasteiger partial charge in [-0.2, -0.15) is 0 Å². The van der Waals surface area contributed by atoms with E-state index in [4.69, 9.17) is 0 Å². The van der Waals surface area contributed by atoms with Crippen LogP contribution < -0.4 is 21.1 Å². The van der Waals surface area contributed by atoms with Gasteiger partial charge in [0.05, 0.1) is 12.5 Å². The highest BCUT2D eigenvalue weighted by Gasteiger charge is 2.45. The number of amides is 4. The SMILES string of the molecule is O=C([O-])CN1C(=O)N[C@@H]2NC(=O)N[C@@H]21. The van der Waals surface area contributed by atoms with Gasteiger partial charge >= 0.3 is 12.1 Å². The standard InChI is InChI=1S/C6H8N4O4/c11-2(12)1-10-4-3(8-6(10)14)7-5(13)9-4/h3-4H,1H2,(H,8,14)(H,11,12)(H2,7,9,13)/p-1/t3-,4+/m0/s1. The van der Waals surface area contributed by atoms with Crippen molar-refractivity contribution in [3.63, 3.8) is 0 Å². The molecule has 2 atom stereocenters. The van der Waals surface area contributed by atoms with Gasteiger partial charge in [0.25, 0.3) is 0 Å². The highest BCUT2D eigenvalue weighted by molar-refractivity contribution is 5.86. The van der Waals surface area contributed by atoms with E-state index >= 15 is 0 Å². The van der Waals surface area contributed by atoms with Gasteiger partial charge in [-0.3, -0.25) is 4.90 Å². The molecule has 76 valence electrons. The molecule has 2 heterocycles. The second-order valence-corrected chi connectivity index (χ2v) is 2.99. The fourth-order valence-electron chi connectivity index (χ4n) is 1.50. The molecule has 0 radical (unpaired) electrons. The summed E-state index contributed by atoms with van der Waals surface area (Å²) in [5.41, 5.74) is 0. The first kappa shape index (κ1) is 8.60. The molecular weight excluding hydrogens is 192 g/mol. The summed E-state index contributed by atoms with van der Waals surface area (Å²) >= 11 is 0. The molecular formula is C6H7N4O4-. The third-order valence-corrected chi connectivity index (χ3v) is 2.06. The number of aliphatic carboxylic acids is 1. The average molecular weight is 199 g/mol. The highest BCUT2D eigenvalue weighted by atomic mass is 16.4. The van der Waals surface area contributed by atoms with Crippen LogP contribution in [0.4, 0.5) is 9.59 Å². The molecule has 0 aliphatic carbocycles. The van der Waals surface area contributed by atoms with E-state index in [0.29, 0.717) is 0 Å². The number of hydrogen-bond acceptors (Lipinski definition) is 4. The van der Waals surface area contributed by atoms with E-state index in [-0.39, 0.29) is 0 Å². The summed E-state index contributed by atoms with van der Waals surface area (Å²) in [6.07, 6.45) is -1.23. The smallest absolute Gasteiger partial charge is 0.321 e. The van der Waals surface area contributed by atoms with Crippen molar-refractivity contribution in [2.75, 3.05) is 6.54 Å². The molecule has 0 spiro atoms. The number of fused-ring (bicyclic) bond motifs is 1. The van der Waals surface area contributed by atoms with Crippen molar-refractivity contribution in [3.05, 3.63) is 0 Å². The van der Waals surface area contributed by atoms with Gasteiger partial charge in [-0.15, -0.1) is 0 Å². The van der Waals surface area contributed by atoms with Crippen LogP contribution in [0.5, 0.6) is 0 Å². The number of urea groups is 2. The molecule has 2 aliphatic rings. The van der Waals surface area contributed by atoms with E-state index in [1.807, 2.05) is 0 Å². The first-order valence-corrected chi connectivity index (χ1v) is 3.92. The first-order chi connectivity index (χ1) is 6.58. The van der Waals surface area contributed by atoms with Crippen LogP contribution in [0.2, 0.25) is 0 Å². The molecule has 8 nitrogen and oxygen atoms in total. The van der Waals surface area contributed by atoms with Crippen molar-refractivity contribution < 1.29 is 19.5 Å². The summed E-state index contributed by atoms with van der Waals surface area (Å²) in [4.78, 5) is 33.3. The molecule has 14 heavy (non-hydrogen) atoms. The van der Waals surface area contributed by atoms with Crippen molar-refractivity contribution in [2.24, 2.45) is 0 Å². The quantitative estimate of drug-likeness (QED) is 0.432. The van der Waals surface area contributed by atoms with Crippen molar-refractivity contribution in [1.29, 1.82) is 0 Å². The van der Waals surface area contributed by atoms with Gasteiger partial charge in [-0.1, -0.05) is 0 Å². The maximum Gasteiger partial charge on any atom is 0.321 e. The predicted octanol–water partition coefficient (Wildman–Crippen LogP) is -3.27. The zero-order valence-corrected chi connectivity index (χ0v) is 6.94. The molecule has 0 bridgehead atoms. The molecule has 2 aliphatic heterocycles. The number of carboxylic acids is 1. The molecule has 3 N–H and O–H groups in total. The van der Waals surface area contributed by atoms with Crippen LogP contribution in [0.3, 0.4) is 0 Å². The van der Waals surface area contributed by atoms with Gasteiger partial charge in [0.2, 0.25) is 0 Å². The van der Waals surface area contributed by atoms with Crippen LogP contribution >= 0.6 is 0 Å². The maximum absolute atomic E-state index is 11.2. The summed E-state index contributed by atoms with van der Waals surface area (Å²) in [5.74, 6) is -1.37. The minimum absolute atomic E-state index is 0.441. The molecule has 0 aromatic heterocycles. The van der Waals surface area contributed by atoms with Gasteiger partial charge in [-0.25, -0.2) is 9.59 Å². The molecule has 0 saturated carbocycles. The van der Waals surface area contributed by atoms with Crippen LogP contribution in [-0.2, 0) is 4.79 Å². The molecule has 2 fully saturated rings. The van der Waals surface area contributed by atoms with Gasteiger partial charge in [0.1, 0.15) is 12.3 Å². The third-order valence-electron chi connectivity index (χ3n) is 2.06. The molecule has 0 aromatic carbocycles. The zero-order chi connectivity index (χ0) is 10.3. The van der Waals surface area contributed by atoms with Crippen molar-refractivity contribution in [3.8, 4) is 0 Å². The lowest BCUT2D eigenvalue weighted by molar-refractivity contribution is -0.305. The highest BCUT2D eigenvalue weighted by Crippen LogP contribution is 2.12. The molecule has 0 unspecified atom stereocenters. The molecule has 0 aromatic rings. The van der Waals surface area contributed by atoms with Crippen molar-refractivity contribution in [2.45, 2.75) is 12.3 Å². The van der Waals surface area contributed by atoms with Gasteiger partial charge in [0.15, 0.2) is 0 Å². The number of hydrogen-bond donors (Lipinski definition) is 3. The largest absolute Gasteiger partial charge is 0.548 e. The van der Waals surface area contributed by atoms with Crippen LogP contribution in [0, 0.1) is 0 Å². The third kappa shape index (κ3) is 1.20. The lowest BCUT2D eigenvalue weighted by Crippen LogP contribution is -2.48. The van der Waals surface area contributed by atoms with E-state index in [1.165, 1.54) is 0 Å². The Kier molecular flexibility index (Phi) is 1.69. The van der Waals surface area contributed by atoms with Crippen LogP contribution in [0.15, 0.2) is 0 Å². The lowest BCUT2D eigenvalue weighted by atomic mass is 10.4. The van der Waals surface area contributed by atoms with Crippen LogP contribution in [0.25, 0.3) is 0 Å². The summed E-state index contributed by atoms with van der Waals surface area (Å²) < 4.78 is 0. The van der Waals surface area contributed by atoms with Crippen LogP contribution in [0.1, 0.15) is 0 Å². The Labute approximate surface area is 78.2 Å². The molecule has 8 heteroatoms. The van der Waals surface area contributed by atoms with E-state index in [9.17, 15) is 19.5 Å². The molecule has 2 saturated heterocycles. The number of nitrogens with one attached hydrogen (secondary N) is 3. The van der Waals surface area contributed by atoms with Crippen LogP contribution in [-0.4, -0.2) is 41.8 Å². The second-order valence-electron chi connectivity index (χ2n) is 2.99. The number of carbonyl (C=O) groups is 3. The Balaban J connectivity index is 2.12. The molecule has 4 amide bonds. The normalized spacial score (nSPS) is 29.3. The second kappa shape index (κ2) is 2.76. The lowest BCUT2D eigenvalue weighted by Gasteiger charge is -2.21. The number of nitrogens with zero attached hydrogens (tertiary/aromatic N) is 1. The van der Waals surface area contributed by atoms with Gasteiger partial charge in [-0.05, 0) is 0 Å². The summed E-state index contributed by atoms with van der Waals surface area (Å²) in [5, 5.41) is 17.5. The monoisotopic (exact) mass is 199 g/mol. The topological polar surface area (TPSA) is 114 Å². The Hall–Kier alpha value is -1.99. The average Bonchev–Trinajstić information content (AvgIpc) is 2.51. The Morgan fingerprint density at radius 3 is 2.71 bits per heavy atom. The van der Waals surface area contributed by atoms with E-state index in [0.717, 1.165) is 4.90 Å². The minimum atomic E-state index is -1.37. The first-order valence-electron chi connectivity index (χ1n) is 3.92. The number of carbonyl (C=O) groups excluding carboxylic acids is 3. The van der Waals surface area contributed by atoms with E-state index in [1.54, 1.807) is 0 Å². The summed E-state index contributed by atoms with van der Waals surface area (Å²) in [6.45, 7) is -0.547. The Morgan fingerprint density at radius 2 is 2.07 bits per heavy atom. The number of rotatable bonds is 2. The Morgan fingerprint density at radius 1 is 1.36 bits per heavy atom. The van der Waals surface area contributed by atoms with E-state index in [2.05, 4.69) is 16.0 Å². The Bertz CT molecular complexity index is 317. The molecule has 2 rings (SSSR count). The predicted molar refractivity (Wildman–Crippen MR) is 39.5 cm³/mol. The van der Waals surface area contributed by atoms with Gasteiger partial charge < -0.3 is 25.9 Å². The fraction of sp³-hybridized carbons (Fsp3) is 0.500. The summed E-state index contributed by atoms with van der Waals surface area (Å²) in [6, 6.07) is -0.986.